The molecule has 3 rings (SSSR count). The first-order valence-corrected chi connectivity index (χ1v) is 14.0. The van der Waals surface area contributed by atoms with Crippen LogP contribution in [0.2, 0.25) is 0 Å². The number of aliphatic hydroxyl groups excluding tert-OH is 1. The number of nitrogens with zero attached hydrogens (tertiary/aromatic N) is 3. The second-order valence-electron chi connectivity index (χ2n) is 10.9. The molecular weight excluding hydrogens is 526 g/mol. The van der Waals surface area contributed by atoms with Crippen LogP contribution >= 0.6 is 23.1 Å². The van der Waals surface area contributed by atoms with Crippen LogP contribution < -0.4 is 11.1 Å². The molecule has 4 atom stereocenters. The molecule has 1 aliphatic rings. The van der Waals surface area contributed by atoms with Gasteiger partial charge in [-0.25, -0.2) is 9.40 Å². The Bertz CT molecular complexity index is 1130. The lowest BCUT2D eigenvalue weighted by molar-refractivity contribution is -0.146. The van der Waals surface area contributed by atoms with E-state index >= 15 is 0 Å². The summed E-state index contributed by atoms with van der Waals surface area (Å²) < 4.78 is 1.10. The van der Waals surface area contributed by atoms with Gasteiger partial charge in [-0.05, 0) is 43.4 Å². The number of rotatable bonds is 9. The van der Waals surface area contributed by atoms with Gasteiger partial charge in [0.1, 0.15) is 12.1 Å². The minimum absolute atomic E-state index is 0.0114. The van der Waals surface area contributed by atoms with Gasteiger partial charge in [0.15, 0.2) is 0 Å². The monoisotopic (exact) mass is 563 g/mol. The van der Waals surface area contributed by atoms with Gasteiger partial charge < -0.3 is 21.1 Å². The minimum atomic E-state index is -0.942. The first-order chi connectivity index (χ1) is 17.8. The van der Waals surface area contributed by atoms with Crippen molar-refractivity contribution in [3.8, 4) is 10.4 Å². The molecule has 11 heteroatoms. The Morgan fingerprint density at radius 3 is 2.50 bits per heavy atom. The van der Waals surface area contributed by atoms with Crippen molar-refractivity contribution in [3.63, 3.8) is 0 Å². The average Bonchev–Trinajstić information content (AvgIpc) is 3.49. The molecule has 0 saturated carbocycles. The smallest absolute Gasteiger partial charge is 0.260 e. The van der Waals surface area contributed by atoms with Gasteiger partial charge in [0.05, 0.1) is 28.2 Å². The Balaban J connectivity index is 1.76. The molecule has 208 valence electrons. The van der Waals surface area contributed by atoms with Gasteiger partial charge in [-0.1, -0.05) is 45.0 Å². The zero-order valence-electron chi connectivity index (χ0n) is 22.6. The van der Waals surface area contributed by atoms with Crippen LogP contribution in [0.3, 0.4) is 0 Å². The number of nitrogens with two attached hydrogens (primary N) is 1. The number of thiazole rings is 1. The highest BCUT2D eigenvalue weighted by Gasteiger charge is 2.46. The van der Waals surface area contributed by atoms with Crippen molar-refractivity contribution in [2.24, 2.45) is 11.1 Å². The lowest BCUT2D eigenvalue weighted by Gasteiger charge is -2.36. The van der Waals surface area contributed by atoms with Crippen LogP contribution in [0.4, 0.5) is 0 Å². The van der Waals surface area contributed by atoms with Gasteiger partial charge in [0.2, 0.25) is 11.8 Å². The second kappa shape index (κ2) is 12.5. The van der Waals surface area contributed by atoms with E-state index in [4.69, 9.17) is 17.5 Å². The number of nitrogens with one attached hydrogen (secondary N) is 1. The van der Waals surface area contributed by atoms with E-state index in [-0.39, 0.29) is 25.3 Å². The highest BCUT2D eigenvalue weighted by atomic mass is 35.5. The SMILES string of the molecule is Cc1ncsc1-c1ccc([C@H](C)N(Cl)C(=O)[C@@H]2C[C@@H](O)CN2C(=O)[C@@H](NC(=O)CCCN)C(C)(C)C)cc1. The van der Waals surface area contributed by atoms with Crippen molar-refractivity contribution in [1.82, 2.24) is 19.6 Å². The molecule has 1 saturated heterocycles. The van der Waals surface area contributed by atoms with Crippen molar-refractivity contribution in [2.75, 3.05) is 13.1 Å². The van der Waals surface area contributed by atoms with Gasteiger partial charge in [-0.2, -0.15) is 0 Å². The number of aromatic nitrogens is 1. The number of β-amino-alcohol motifs (C(OH)–C–C–N with tert-alkyl or cyclic N) is 1. The molecule has 0 radical (unpaired) electrons. The summed E-state index contributed by atoms with van der Waals surface area (Å²) in [5.74, 6) is -1.18. The first-order valence-electron chi connectivity index (χ1n) is 12.8. The molecule has 9 nitrogen and oxygen atoms in total. The van der Waals surface area contributed by atoms with E-state index in [1.807, 2.05) is 58.9 Å². The number of amides is 3. The lowest BCUT2D eigenvalue weighted by Crippen LogP contribution is -2.57. The van der Waals surface area contributed by atoms with E-state index in [2.05, 4.69) is 10.3 Å². The standard InChI is InChI=1S/C27H38ClN5O4S/c1-16-23(38-15-30-16)19-10-8-18(9-11-19)17(2)33(28)25(36)21-13-20(34)14-32(21)26(37)24(27(3,4)5)31-22(35)7-6-12-29/h8-11,15,17,20-21,24,34H,6-7,12-14,29H2,1-5H3,(H,31,35)/t17-,20+,21-,24+/m0/s1. The Morgan fingerprint density at radius 2 is 1.95 bits per heavy atom. The molecule has 0 aliphatic carbocycles. The Morgan fingerprint density at radius 1 is 1.29 bits per heavy atom. The summed E-state index contributed by atoms with van der Waals surface area (Å²) >= 11 is 8.13. The van der Waals surface area contributed by atoms with E-state index in [9.17, 15) is 19.5 Å². The minimum Gasteiger partial charge on any atom is -0.391 e. The third-order valence-electron chi connectivity index (χ3n) is 6.82. The van der Waals surface area contributed by atoms with Crippen molar-refractivity contribution >= 4 is 40.8 Å². The number of aliphatic hydroxyl groups is 1. The summed E-state index contributed by atoms with van der Waals surface area (Å²) in [4.78, 5) is 46.4. The van der Waals surface area contributed by atoms with Gasteiger partial charge in [-0.3, -0.25) is 14.4 Å². The van der Waals surface area contributed by atoms with Gasteiger partial charge >= 0.3 is 0 Å². The normalized spacial score (nSPS) is 19.2. The van der Waals surface area contributed by atoms with Crippen LogP contribution in [0.25, 0.3) is 10.4 Å². The molecular formula is C27H38ClN5O4S. The molecule has 1 fully saturated rings. The van der Waals surface area contributed by atoms with Crippen molar-refractivity contribution < 1.29 is 19.5 Å². The third-order valence-corrected chi connectivity index (χ3v) is 8.26. The van der Waals surface area contributed by atoms with E-state index in [1.165, 1.54) is 4.90 Å². The number of hydrogen-bond donors (Lipinski definition) is 3. The fourth-order valence-corrected chi connectivity index (χ4v) is 5.59. The van der Waals surface area contributed by atoms with Crippen LogP contribution in [-0.2, 0) is 14.4 Å². The molecule has 4 N–H and O–H groups in total. The quantitative estimate of drug-likeness (QED) is 0.401. The van der Waals surface area contributed by atoms with E-state index < -0.39 is 41.5 Å². The highest BCUT2D eigenvalue weighted by Crippen LogP contribution is 2.32. The van der Waals surface area contributed by atoms with Crippen molar-refractivity contribution in [2.45, 2.75) is 78.1 Å². The molecule has 1 aliphatic heterocycles. The first kappa shape index (κ1) is 30.0. The predicted molar refractivity (Wildman–Crippen MR) is 149 cm³/mol. The Labute approximate surface area is 233 Å². The molecule has 38 heavy (non-hydrogen) atoms. The van der Waals surface area contributed by atoms with E-state index in [0.717, 1.165) is 26.1 Å². The number of carbonyl (C=O) groups excluding carboxylic acids is 3. The van der Waals surface area contributed by atoms with Gasteiger partial charge in [-0.15, -0.1) is 11.3 Å². The summed E-state index contributed by atoms with van der Waals surface area (Å²) in [6.07, 6.45) is -0.0917. The number of hydrogen-bond acceptors (Lipinski definition) is 7. The summed E-state index contributed by atoms with van der Waals surface area (Å²) in [7, 11) is 0. The number of aryl methyl sites for hydroxylation is 1. The van der Waals surface area contributed by atoms with Crippen LogP contribution in [0, 0.1) is 12.3 Å². The Hall–Kier alpha value is -2.53. The summed E-state index contributed by atoms with van der Waals surface area (Å²) in [5.41, 5.74) is 9.51. The van der Waals surface area contributed by atoms with E-state index in [0.29, 0.717) is 13.0 Å². The predicted octanol–water partition coefficient (Wildman–Crippen LogP) is 3.39. The maximum absolute atomic E-state index is 13.7. The topological polar surface area (TPSA) is 129 Å². The second-order valence-corrected chi connectivity index (χ2v) is 12.1. The lowest BCUT2D eigenvalue weighted by atomic mass is 9.85. The van der Waals surface area contributed by atoms with Gasteiger partial charge in [0.25, 0.3) is 5.91 Å². The Kier molecular flexibility index (Phi) is 9.91. The number of carbonyl (C=O) groups is 3. The zero-order chi connectivity index (χ0) is 28.2. The third kappa shape index (κ3) is 6.91. The number of likely N-dealkylation sites (tertiary alicyclic amines) is 1. The van der Waals surface area contributed by atoms with Crippen molar-refractivity contribution in [1.29, 1.82) is 0 Å². The molecule has 2 heterocycles. The van der Waals surface area contributed by atoms with Crippen molar-refractivity contribution in [3.05, 3.63) is 41.0 Å². The maximum Gasteiger partial charge on any atom is 0.260 e. The zero-order valence-corrected chi connectivity index (χ0v) is 24.2. The number of benzene rings is 1. The fraction of sp³-hybridized carbons (Fsp3) is 0.556. The summed E-state index contributed by atoms with van der Waals surface area (Å²) in [6, 6.07) is 5.47. The average molecular weight is 564 g/mol. The van der Waals surface area contributed by atoms with Crippen LogP contribution in [-0.4, -0.2) is 68.4 Å². The van der Waals surface area contributed by atoms with E-state index in [1.54, 1.807) is 16.8 Å². The highest BCUT2D eigenvalue weighted by molar-refractivity contribution is 7.13. The molecule has 2 aromatic rings. The molecule has 0 unspecified atom stereocenters. The maximum atomic E-state index is 13.7. The largest absolute Gasteiger partial charge is 0.391 e. The summed E-state index contributed by atoms with van der Waals surface area (Å²) in [6.45, 7) is 9.65. The molecule has 0 bridgehead atoms. The molecule has 1 aromatic carbocycles. The molecule has 0 spiro atoms. The van der Waals surface area contributed by atoms with Crippen LogP contribution in [0.1, 0.15) is 64.3 Å². The molecule has 3 amide bonds. The number of halogens is 1. The van der Waals surface area contributed by atoms with Gasteiger partial charge in [0, 0.05) is 31.2 Å². The molecule has 1 aromatic heterocycles. The van der Waals surface area contributed by atoms with Crippen LogP contribution in [0.15, 0.2) is 29.8 Å². The van der Waals surface area contributed by atoms with Crippen LogP contribution in [0.5, 0.6) is 0 Å². The summed E-state index contributed by atoms with van der Waals surface area (Å²) in [5, 5.41) is 13.2. The fourth-order valence-electron chi connectivity index (χ4n) is 4.56.